The lowest BCUT2D eigenvalue weighted by molar-refractivity contribution is -0.0980. The molecule has 0 unspecified atom stereocenters. The molecule has 2 N–H and O–H groups in total. The Morgan fingerprint density at radius 3 is 2.33 bits per heavy atom. The Balaban J connectivity index is 0.00000139. The van der Waals surface area contributed by atoms with Crippen LogP contribution in [0.4, 0.5) is 5.69 Å². The van der Waals surface area contributed by atoms with E-state index in [0.717, 1.165) is 16.8 Å². The first kappa shape index (κ1) is 18.9. The number of hydrazine groups is 1. The third-order valence-corrected chi connectivity index (χ3v) is 3.36. The Morgan fingerprint density at radius 1 is 1.12 bits per heavy atom. The molecular formula is C18H21N3O3. The van der Waals surface area contributed by atoms with E-state index in [1.54, 1.807) is 25.2 Å². The molecule has 0 aromatic heterocycles. The summed E-state index contributed by atoms with van der Waals surface area (Å²) in [5, 5.41) is 11.0. The summed E-state index contributed by atoms with van der Waals surface area (Å²) in [4.78, 5) is 23.3. The molecule has 0 fully saturated rings. The van der Waals surface area contributed by atoms with Gasteiger partial charge in [-0.25, -0.2) is 4.79 Å². The zero-order valence-electron chi connectivity index (χ0n) is 14.0. The molecule has 2 aromatic rings. The second-order valence-electron chi connectivity index (χ2n) is 4.92. The summed E-state index contributed by atoms with van der Waals surface area (Å²) in [6, 6.07) is 14.7. The van der Waals surface area contributed by atoms with Crippen LogP contribution in [0, 0.1) is 6.92 Å². The highest BCUT2D eigenvalue weighted by molar-refractivity contribution is 6.01. The molecule has 0 heterocycles. The fourth-order valence-electron chi connectivity index (χ4n) is 2.20. The third kappa shape index (κ3) is 4.67. The Kier molecular flexibility index (Phi) is 7.16. The van der Waals surface area contributed by atoms with E-state index in [1.165, 1.54) is 0 Å². The molecule has 2 rings (SSSR count). The van der Waals surface area contributed by atoms with Crippen LogP contribution >= 0.6 is 0 Å². The Labute approximate surface area is 141 Å². The minimum absolute atomic E-state index is 0.235. The van der Waals surface area contributed by atoms with Gasteiger partial charge in [0.15, 0.2) is 0 Å². The van der Waals surface area contributed by atoms with Crippen molar-refractivity contribution in [1.29, 1.82) is 0 Å². The molecule has 0 aliphatic rings. The molecule has 0 amide bonds. The summed E-state index contributed by atoms with van der Waals surface area (Å²) in [5.41, 5.74) is 6.31. The van der Waals surface area contributed by atoms with E-state index in [1.807, 2.05) is 56.1 Å². The average Bonchev–Trinajstić information content (AvgIpc) is 2.61. The number of carboxylic acids is 1. The second kappa shape index (κ2) is 9.09. The Hall–Kier alpha value is -3.15. The lowest BCUT2D eigenvalue weighted by Gasteiger charge is -2.24. The van der Waals surface area contributed by atoms with Crippen molar-refractivity contribution in [3.63, 3.8) is 0 Å². The van der Waals surface area contributed by atoms with Gasteiger partial charge in [-0.1, -0.05) is 30.3 Å². The molecule has 2 aromatic carbocycles. The van der Waals surface area contributed by atoms with Crippen LogP contribution in [0.2, 0.25) is 0 Å². The van der Waals surface area contributed by atoms with Crippen LogP contribution in [0.15, 0.2) is 53.5 Å². The highest BCUT2D eigenvalue weighted by atomic mass is 16.4. The summed E-state index contributed by atoms with van der Waals surface area (Å²) in [6.45, 7) is 4.03. The summed E-state index contributed by atoms with van der Waals surface area (Å²) in [6.07, 6.45) is 0. The van der Waals surface area contributed by atoms with Gasteiger partial charge in [-0.05, 0) is 30.7 Å². The molecule has 0 saturated heterocycles. The first-order valence-electron chi connectivity index (χ1n) is 7.18. The summed E-state index contributed by atoms with van der Waals surface area (Å²) in [5.74, 6) is -0.349. The number of para-hydroxylation sites is 1. The van der Waals surface area contributed by atoms with E-state index < -0.39 is 5.97 Å². The van der Waals surface area contributed by atoms with E-state index in [9.17, 15) is 4.79 Å². The van der Waals surface area contributed by atoms with E-state index in [4.69, 9.17) is 9.90 Å². The fraction of sp³-hybridized carbons (Fsp3) is 0.167. The molecule has 24 heavy (non-hydrogen) atoms. The number of aryl methyl sites for hydroxylation is 1. The first-order chi connectivity index (χ1) is 11.5. The van der Waals surface area contributed by atoms with Gasteiger partial charge in [-0.2, -0.15) is 0 Å². The maximum atomic E-state index is 11.1. The first-order valence-corrected chi connectivity index (χ1v) is 7.18. The lowest BCUT2D eigenvalue weighted by Crippen LogP contribution is -2.40. The monoisotopic (exact) mass is 327 g/mol. The van der Waals surface area contributed by atoms with Crippen LogP contribution in [0.5, 0.6) is 0 Å². The van der Waals surface area contributed by atoms with Gasteiger partial charge in [-0.3, -0.25) is 15.4 Å². The van der Waals surface area contributed by atoms with Crippen molar-refractivity contribution in [3.8, 4) is 0 Å². The molecule has 126 valence electrons. The highest BCUT2D eigenvalue weighted by Crippen LogP contribution is 2.16. The predicted molar refractivity (Wildman–Crippen MR) is 95.7 cm³/mol. The minimum atomic E-state index is -0.954. The standard InChI is InChI=1S/C17H19N3O2.CH2O/c1-12-7-4-5-10-15(12)20(3)19-16(18-2)13-8-6-9-14(11-13)17(21)22;1-2/h4-11H,1-3H3,(H,18,19)(H,21,22);1H2. The molecule has 0 radical (unpaired) electrons. The van der Waals surface area contributed by atoms with Crippen LogP contribution < -0.4 is 10.4 Å². The van der Waals surface area contributed by atoms with E-state index in [0.29, 0.717) is 5.84 Å². The van der Waals surface area contributed by atoms with Crippen LogP contribution in [0.25, 0.3) is 0 Å². The molecule has 0 spiro atoms. The molecule has 0 bridgehead atoms. The van der Waals surface area contributed by atoms with E-state index >= 15 is 0 Å². The summed E-state index contributed by atoms with van der Waals surface area (Å²) < 4.78 is 0. The molecule has 0 atom stereocenters. The van der Waals surface area contributed by atoms with Crippen LogP contribution in [0.3, 0.4) is 0 Å². The van der Waals surface area contributed by atoms with Gasteiger partial charge in [0.05, 0.1) is 11.3 Å². The van der Waals surface area contributed by atoms with Crippen molar-refractivity contribution < 1.29 is 14.7 Å². The van der Waals surface area contributed by atoms with E-state index in [-0.39, 0.29) is 5.56 Å². The van der Waals surface area contributed by atoms with Crippen LogP contribution in [0.1, 0.15) is 21.5 Å². The third-order valence-electron chi connectivity index (χ3n) is 3.36. The van der Waals surface area contributed by atoms with Crippen molar-refractivity contribution in [2.75, 3.05) is 19.1 Å². The highest BCUT2D eigenvalue weighted by Gasteiger charge is 2.10. The van der Waals surface area contributed by atoms with Gasteiger partial charge in [0, 0.05) is 19.7 Å². The molecule has 6 heteroatoms. The topological polar surface area (TPSA) is 82.0 Å². The SMILES string of the molecule is C=O.CN=C(NN(C)c1ccccc1C)c1cccc(C(=O)O)c1. The number of carbonyl (C=O) groups excluding carboxylic acids is 1. The fourth-order valence-corrected chi connectivity index (χ4v) is 2.20. The Morgan fingerprint density at radius 2 is 1.75 bits per heavy atom. The average molecular weight is 327 g/mol. The number of nitrogens with one attached hydrogen (secondary N) is 1. The van der Waals surface area contributed by atoms with Crippen LogP contribution in [-0.2, 0) is 4.79 Å². The smallest absolute Gasteiger partial charge is 0.335 e. The molecule has 0 aliphatic carbocycles. The van der Waals surface area contributed by atoms with Gasteiger partial charge in [0.2, 0.25) is 0 Å². The van der Waals surface area contributed by atoms with Crippen molar-refractivity contribution in [3.05, 3.63) is 65.2 Å². The molecular weight excluding hydrogens is 306 g/mol. The zero-order valence-corrected chi connectivity index (χ0v) is 14.0. The van der Waals surface area contributed by atoms with E-state index in [2.05, 4.69) is 10.4 Å². The van der Waals surface area contributed by atoms with Gasteiger partial charge in [0.1, 0.15) is 12.6 Å². The number of aromatic carboxylic acids is 1. The number of amidine groups is 1. The molecule has 0 aliphatic heterocycles. The van der Waals surface area contributed by atoms with Crippen LogP contribution in [-0.4, -0.2) is 37.8 Å². The summed E-state index contributed by atoms with van der Waals surface area (Å²) in [7, 11) is 3.57. The maximum Gasteiger partial charge on any atom is 0.335 e. The summed E-state index contributed by atoms with van der Waals surface area (Å²) >= 11 is 0. The lowest BCUT2D eigenvalue weighted by atomic mass is 10.1. The maximum absolute atomic E-state index is 11.1. The number of aliphatic imine (C=N–C) groups is 1. The number of anilines is 1. The normalized spacial score (nSPS) is 10.4. The van der Waals surface area contributed by atoms with Gasteiger partial charge in [-0.15, -0.1) is 0 Å². The molecule has 6 nitrogen and oxygen atoms in total. The van der Waals surface area contributed by atoms with Crippen molar-refractivity contribution >= 4 is 24.3 Å². The number of rotatable bonds is 4. The number of hydrogen-bond donors (Lipinski definition) is 2. The quantitative estimate of drug-likeness (QED) is 0.512. The number of nitrogens with zero attached hydrogens (tertiary/aromatic N) is 2. The van der Waals surface area contributed by atoms with Gasteiger partial charge < -0.3 is 9.90 Å². The number of hydrogen-bond acceptors (Lipinski definition) is 4. The second-order valence-corrected chi connectivity index (χ2v) is 4.92. The van der Waals surface area contributed by atoms with Gasteiger partial charge in [0.25, 0.3) is 0 Å². The van der Waals surface area contributed by atoms with Crippen molar-refractivity contribution in [2.24, 2.45) is 4.99 Å². The number of carbonyl (C=O) groups is 2. The van der Waals surface area contributed by atoms with Gasteiger partial charge >= 0.3 is 5.97 Å². The molecule has 0 saturated carbocycles. The Bertz CT molecular complexity index is 729. The number of benzene rings is 2. The predicted octanol–water partition coefficient (Wildman–Crippen LogP) is 2.53. The minimum Gasteiger partial charge on any atom is -0.478 e. The number of carboxylic acid groups (broad SMARTS) is 1. The van der Waals surface area contributed by atoms with Crippen molar-refractivity contribution in [2.45, 2.75) is 6.92 Å². The van der Waals surface area contributed by atoms with Crippen molar-refractivity contribution in [1.82, 2.24) is 5.43 Å². The largest absolute Gasteiger partial charge is 0.478 e. The zero-order chi connectivity index (χ0) is 18.1.